The zero-order chi connectivity index (χ0) is 27.6. The van der Waals surface area contributed by atoms with Crippen LogP contribution in [-0.2, 0) is 5.41 Å². The smallest absolute Gasteiger partial charge is 0.0543 e. The molecule has 1 aromatic heterocycles. The van der Waals surface area contributed by atoms with Crippen LogP contribution in [0.3, 0.4) is 0 Å². The molecule has 0 fully saturated rings. The van der Waals surface area contributed by atoms with E-state index in [1.807, 2.05) is 0 Å². The summed E-state index contributed by atoms with van der Waals surface area (Å²) in [7, 11) is 0. The van der Waals surface area contributed by atoms with E-state index in [-0.39, 0.29) is 5.41 Å². The summed E-state index contributed by atoms with van der Waals surface area (Å²) in [5.74, 6) is 0. The van der Waals surface area contributed by atoms with Gasteiger partial charge in [-0.3, -0.25) is 0 Å². The molecule has 0 saturated carbocycles. The van der Waals surface area contributed by atoms with E-state index in [0.29, 0.717) is 0 Å². The normalized spacial score (nSPS) is 13.3. The molecule has 1 heterocycles. The summed E-state index contributed by atoms with van der Waals surface area (Å²) in [6, 6.07) is 52.7. The van der Waals surface area contributed by atoms with Gasteiger partial charge >= 0.3 is 0 Å². The van der Waals surface area contributed by atoms with Crippen molar-refractivity contribution in [3.8, 4) is 16.8 Å². The molecule has 0 unspecified atom stereocenters. The molecule has 0 atom stereocenters. The molecule has 0 radical (unpaired) electrons. The lowest BCUT2D eigenvalue weighted by Gasteiger charge is -2.28. The largest absolute Gasteiger partial charge is 0.310 e. The highest BCUT2D eigenvalue weighted by Crippen LogP contribution is 2.53. The van der Waals surface area contributed by atoms with Gasteiger partial charge in [-0.25, -0.2) is 0 Å². The molecule has 0 spiro atoms. The topological polar surface area (TPSA) is 8.17 Å². The Kier molecular flexibility index (Phi) is 5.20. The molecule has 2 nitrogen and oxygen atoms in total. The number of rotatable bonds is 4. The average molecular weight is 527 g/mol. The van der Waals surface area contributed by atoms with Gasteiger partial charge in [0.15, 0.2) is 0 Å². The van der Waals surface area contributed by atoms with Crippen molar-refractivity contribution in [2.75, 3.05) is 4.90 Å². The molecule has 0 aliphatic heterocycles. The molecule has 8 rings (SSSR count). The van der Waals surface area contributed by atoms with Crippen molar-refractivity contribution >= 4 is 38.9 Å². The summed E-state index contributed by atoms with van der Waals surface area (Å²) < 4.78 is 2.46. The van der Waals surface area contributed by atoms with Gasteiger partial charge in [0.1, 0.15) is 0 Å². The van der Waals surface area contributed by atoms with E-state index in [1.54, 1.807) is 0 Å². The Morgan fingerprint density at radius 3 is 1.66 bits per heavy atom. The number of nitrogens with zero attached hydrogens (tertiary/aromatic N) is 2. The lowest BCUT2D eigenvalue weighted by Crippen LogP contribution is -2.16. The zero-order valence-corrected chi connectivity index (χ0v) is 23.3. The number of benzene rings is 6. The van der Waals surface area contributed by atoms with Crippen LogP contribution in [0.5, 0.6) is 0 Å². The predicted molar refractivity (Wildman–Crippen MR) is 173 cm³/mol. The quantitative estimate of drug-likeness (QED) is 0.221. The van der Waals surface area contributed by atoms with Gasteiger partial charge in [0.05, 0.1) is 16.7 Å². The number of aromatic nitrogens is 1. The first-order valence-corrected chi connectivity index (χ1v) is 14.3. The molecule has 0 bridgehead atoms. The standard InChI is InChI=1S/C39H30N2/c1-39(2)33-20-13-23-37(41-35-21-11-9-18-30(35)31-19-10-12-22-36(31)41)38(33)32-25-24-29(26-34(32)39)40(27-14-5-3-6-15-27)28-16-7-4-8-17-28/h3-26H,1-2H3. The van der Waals surface area contributed by atoms with Gasteiger partial charge in [-0.15, -0.1) is 0 Å². The minimum atomic E-state index is -0.144. The highest BCUT2D eigenvalue weighted by atomic mass is 15.1. The molecule has 0 amide bonds. The third-order valence-electron chi connectivity index (χ3n) is 8.77. The zero-order valence-electron chi connectivity index (χ0n) is 23.3. The highest BCUT2D eigenvalue weighted by molar-refractivity contribution is 6.10. The maximum atomic E-state index is 2.46. The van der Waals surface area contributed by atoms with E-state index in [9.17, 15) is 0 Å². The van der Waals surface area contributed by atoms with Crippen LogP contribution >= 0.6 is 0 Å². The maximum Gasteiger partial charge on any atom is 0.0543 e. The van der Waals surface area contributed by atoms with Crippen molar-refractivity contribution < 1.29 is 0 Å². The number of hydrogen-bond donors (Lipinski definition) is 0. The molecule has 0 saturated heterocycles. The van der Waals surface area contributed by atoms with E-state index >= 15 is 0 Å². The van der Waals surface area contributed by atoms with Crippen molar-refractivity contribution in [1.82, 2.24) is 4.57 Å². The van der Waals surface area contributed by atoms with Crippen LogP contribution in [0.4, 0.5) is 17.1 Å². The molecule has 1 aliphatic carbocycles. The Hall–Kier alpha value is -5.08. The van der Waals surface area contributed by atoms with Crippen molar-refractivity contribution in [2.24, 2.45) is 0 Å². The predicted octanol–water partition coefficient (Wildman–Crippen LogP) is 10.6. The molecule has 41 heavy (non-hydrogen) atoms. The summed E-state index contributed by atoms with van der Waals surface area (Å²) in [5.41, 5.74) is 12.4. The van der Waals surface area contributed by atoms with E-state index in [0.717, 1.165) is 11.4 Å². The van der Waals surface area contributed by atoms with Gasteiger partial charge in [0.2, 0.25) is 0 Å². The van der Waals surface area contributed by atoms with Crippen LogP contribution in [0.15, 0.2) is 146 Å². The summed E-state index contributed by atoms with van der Waals surface area (Å²) >= 11 is 0. The van der Waals surface area contributed by atoms with Crippen molar-refractivity contribution in [3.05, 3.63) is 157 Å². The van der Waals surface area contributed by atoms with Gasteiger partial charge in [-0.05, 0) is 71.3 Å². The van der Waals surface area contributed by atoms with E-state index in [4.69, 9.17) is 0 Å². The van der Waals surface area contributed by atoms with E-state index in [1.165, 1.54) is 55.4 Å². The Labute approximate surface area is 240 Å². The number of fused-ring (bicyclic) bond motifs is 6. The van der Waals surface area contributed by atoms with Crippen LogP contribution in [0, 0.1) is 0 Å². The third-order valence-corrected chi connectivity index (χ3v) is 8.77. The number of anilines is 3. The first kappa shape index (κ1) is 23.8. The minimum absolute atomic E-state index is 0.144. The second-order valence-corrected chi connectivity index (χ2v) is 11.4. The van der Waals surface area contributed by atoms with Crippen molar-refractivity contribution in [1.29, 1.82) is 0 Å². The minimum Gasteiger partial charge on any atom is -0.310 e. The first-order valence-electron chi connectivity index (χ1n) is 14.3. The Bertz CT molecular complexity index is 1970. The summed E-state index contributed by atoms with van der Waals surface area (Å²) in [6.07, 6.45) is 0. The Balaban J connectivity index is 1.37. The summed E-state index contributed by atoms with van der Waals surface area (Å²) in [5, 5.41) is 2.57. The first-order chi connectivity index (χ1) is 20.1. The van der Waals surface area contributed by atoms with Crippen molar-refractivity contribution in [2.45, 2.75) is 19.3 Å². The van der Waals surface area contributed by atoms with Gasteiger partial charge < -0.3 is 9.47 Å². The Morgan fingerprint density at radius 1 is 0.488 bits per heavy atom. The average Bonchev–Trinajstić information content (AvgIpc) is 3.47. The monoisotopic (exact) mass is 526 g/mol. The SMILES string of the molecule is CC1(C)c2cc(N(c3ccccc3)c3ccccc3)ccc2-c2c(-n3c4ccccc4c4ccccc43)cccc21. The molecule has 2 heteroatoms. The fourth-order valence-corrected chi connectivity index (χ4v) is 6.87. The maximum absolute atomic E-state index is 2.46. The van der Waals surface area contributed by atoms with Gasteiger partial charge in [-0.1, -0.05) is 105 Å². The van der Waals surface area contributed by atoms with Crippen LogP contribution in [-0.4, -0.2) is 4.57 Å². The molecule has 7 aromatic rings. The fraction of sp³-hybridized carbons (Fsp3) is 0.0769. The third kappa shape index (κ3) is 3.50. The van der Waals surface area contributed by atoms with Crippen LogP contribution in [0.2, 0.25) is 0 Å². The van der Waals surface area contributed by atoms with E-state index in [2.05, 4.69) is 169 Å². The van der Waals surface area contributed by atoms with Gasteiger partial charge in [0.25, 0.3) is 0 Å². The van der Waals surface area contributed by atoms with Crippen LogP contribution in [0.25, 0.3) is 38.6 Å². The lowest BCUT2D eigenvalue weighted by atomic mass is 9.82. The second-order valence-electron chi connectivity index (χ2n) is 11.4. The van der Waals surface area contributed by atoms with Gasteiger partial charge in [0, 0.05) is 38.8 Å². The fourth-order valence-electron chi connectivity index (χ4n) is 6.87. The molecule has 0 N–H and O–H groups in total. The summed E-state index contributed by atoms with van der Waals surface area (Å²) in [4.78, 5) is 2.35. The summed E-state index contributed by atoms with van der Waals surface area (Å²) in [6.45, 7) is 4.74. The molecule has 1 aliphatic rings. The number of para-hydroxylation sites is 4. The molecular weight excluding hydrogens is 496 g/mol. The molecule has 196 valence electrons. The Morgan fingerprint density at radius 2 is 1.05 bits per heavy atom. The molecular formula is C39H30N2. The second kappa shape index (κ2) is 8.97. The lowest BCUT2D eigenvalue weighted by molar-refractivity contribution is 0.660. The van der Waals surface area contributed by atoms with Gasteiger partial charge in [-0.2, -0.15) is 0 Å². The van der Waals surface area contributed by atoms with Crippen LogP contribution < -0.4 is 4.90 Å². The van der Waals surface area contributed by atoms with Crippen molar-refractivity contribution in [3.63, 3.8) is 0 Å². The van der Waals surface area contributed by atoms with E-state index < -0.39 is 0 Å². The molecule has 6 aromatic carbocycles. The highest BCUT2D eigenvalue weighted by Gasteiger charge is 2.38. The van der Waals surface area contributed by atoms with Crippen LogP contribution in [0.1, 0.15) is 25.0 Å². The number of hydrogen-bond acceptors (Lipinski definition) is 1.